The average Bonchev–Trinajstić information content (AvgIpc) is 3.22. The number of benzene rings is 2. The summed E-state index contributed by atoms with van der Waals surface area (Å²) in [5, 5.41) is 5.39. The second-order valence-corrected chi connectivity index (χ2v) is 9.35. The molecule has 2 aromatic carbocycles. The number of hydrogen-bond acceptors (Lipinski definition) is 6. The van der Waals surface area contributed by atoms with Crippen LogP contribution in [0.25, 0.3) is 22.2 Å². The van der Waals surface area contributed by atoms with Crippen LogP contribution >= 0.6 is 0 Å². The van der Waals surface area contributed by atoms with E-state index >= 15 is 0 Å². The highest BCUT2D eigenvalue weighted by atomic mass is 16.5. The van der Waals surface area contributed by atoms with Crippen LogP contribution in [0.4, 0.5) is 11.4 Å². The molecule has 2 atom stereocenters. The molecule has 6 nitrogen and oxygen atoms in total. The molecule has 2 fully saturated rings. The van der Waals surface area contributed by atoms with E-state index in [1.165, 1.54) is 6.42 Å². The summed E-state index contributed by atoms with van der Waals surface area (Å²) in [6.07, 6.45) is 1.24. The highest BCUT2D eigenvalue weighted by molar-refractivity contribution is 6.28. The van der Waals surface area contributed by atoms with Gasteiger partial charge in [-0.3, -0.25) is 4.79 Å². The lowest BCUT2D eigenvalue weighted by atomic mass is 9.85. The van der Waals surface area contributed by atoms with Crippen LogP contribution in [0.2, 0.25) is 0 Å². The van der Waals surface area contributed by atoms with Gasteiger partial charge in [0.05, 0.1) is 35.5 Å². The van der Waals surface area contributed by atoms with Gasteiger partial charge in [-0.2, -0.15) is 0 Å². The number of carbonyl (C=O) groups excluding carboxylic acids is 1. The van der Waals surface area contributed by atoms with Crippen LogP contribution in [0.1, 0.15) is 36.2 Å². The lowest BCUT2D eigenvalue weighted by molar-refractivity contribution is 0.103. The zero-order valence-electron chi connectivity index (χ0n) is 18.1. The molecule has 6 heteroatoms. The second-order valence-electron chi connectivity index (χ2n) is 9.35. The molecule has 1 aliphatic carbocycles. The van der Waals surface area contributed by atoms with Gasteiger partial charge in [0.25, 0.3) is 0 Å². The quantitative estimate of drug-likeness (QED) is 0.483. The van der Waals surface area contributed by atoms with Crippen molar-refractivity contribution in [2.75, 3.05) is 49.2 Å². The molecule has 3 aliphatic rings. The van der Waals surface area contributed by atoms with Gasteiger partial charge in [-0.15, -0.1) is 0 Å². The Morgan fingerprint density at radius 2 is 1.68 bits per heavy atom. The molecule has 0 saturated carbocycles. The van der Waals surface area contributed by atoms with Crippen molar-refractivity contribution in [3.63, 3.8) is 0 Å². The van der Waals surface area contributed by atoms with E-state index in [9.17, 15) is 4.79 Å². The molecule has 2 saturated heterocycles. The van der Waals surface area contributed by atoms with E-state index in [2.05, 4.69) is 34.9 Å². The summed E-state index contributed by atoms with van der Waals surface area (Å²) < 4.78 is 11.5. The number of nitrogens with zero attached hydrogens (tertiary/aromatic N) is 3. The Morgan fingerprint density at radius 3 is 2.42 bits per heavy atom. The standard InChI is InChI=1S/C25H27N3O3/c1-15-11-16(2)14-28(13-15)20-12-19(27-7-9-30-10-8-27)21-22-23(20)26-31-25(22)18-6-4-3-5-17(18)24(21)29/h3-6,12,15-16H,7-11,13-14H2,1-2H3/t15-,16+. The fourth-order valence-corrected chi connectivity index (χ4v) is 5.68. The predicted molar refractivity (Wildman–Crippen MR) is 121 cm³/mol. The van der Waals surface area contributed by atoms with Gasteiger partial charge in [0.15, 0.2) is 11.5 Å². The lowest BCUT2D eigenvalue weighted by Crippen LogP contribution is -2.40. The summed E-state index contributed by atoms with van der Waals surface area (Å²) in [5.41, 5.74) is 5.14. The molecule has 0 bridgehead atoms. The number of hydrogen-bond donors (Lipinski definition) is 0. The Kier molecular flexibility index (Phi) is 4.32. The first-order valence-electron chi connectivity index (χ1n) is 11.3. The third kappa shape index (κ3) is 2.88. The van der Waals surface area contributed by atoms with Gasteiger partial charge >= 0.3 is 0 Å². The number of rotatable bonds is 2. The van der Waals surface area contributed by atoms with E-state index in [-0.39, 0.29) is 5.78 Å². The van der Waals surface area contributed by atoms with Crippen LogP contribution in [0.15, 0.2) is 34.9 Å². The predicted octanol–water partition coefficient (Wildman–Crippen LogP) is 4.36. The molecular formula is C25H27N3O3. The number of piperidine rings is 1. The van der Waals surface area contributed by atoms with Crippen molar-refractivity contribution in [2.24, 2.45) is 11.8 Å². The first-order valence-corrected chi connectivity index (χ1v) is 11.3. The molecule has 3 aromatic rings. The van der Waals surface area contributed by atoms with E-state index in [1.807, 2.05) is 24.3 Å². The molecule has 3 heterocycles. The molecule has 2 aliphatic heterocycles. The van der Waals surface area contributed by atoms with E-state index in [0.717, 1.165) is 65.3 Å². The van der Waals surface area contributed by atoms with Crippen molar-refractivity contribution in [2.45, 2.75) is 20.3 Å². The first-order chi connectivity index (χ1) is 15.1. The van der Waals surface area contributed by atoms with Gasteiger partial charge < -0.3 is 19.1 Å². The van der Waals surface area contributed by atoms with Crippen molar-refractivity contribution in [3.05, 3.63) is 41.5 Å². The molecule has 0 spiro atoms. The van der Waals surface area contributed by atoms with Crippen molar-refractivity contribution in [3.8, 4) is 11.3 Å². The molecule has 0 amide bonds. The van der Waals surface area contributed by atoms with Gasteiger partial charge in [-0.1, -0.05) is 43.3 Å². The molecule has 0 radical (unpaired) electrons. The van der Waals surface area contributed by atoms with Crippen LogP contribution in [-0.2, 0) is 4.74 Å². The number of morpholine rings is 1. The molecule has 1 aromatic heterocycles. The zero-order chi connectivity index (χ0) is 21.1. The maximum atomic E-state index is 13.7. The Bertz CT molecular complexity index is 1170. The lowest BCUT2D eigenvalue weighted by Gasteiger charge is -2.38. The van der Waals surface area contributed by atoms with Crippen molar-refractivity contribution in [1.29, 1.82) is 0 Å². The van der Waals surface area contributed by atoms with Gasteiger partial charge in [-0.05, 0) is 24.3 Å². The highest BCUT2D eigenvalue weighted by Gasteiger charge is 2.36. The highest BCUT2D eigenvalue weighted by Crippen LogP contribution is 2.47. The Hall–Kier alpha value is -2.86. The van der Waals surface area contributed by atoms with Gasteiger partial charge in [0, 0.05) is 37.3 Å². The molecule has 160 valence electrons. The number of fused-ring (bicyclic) bond motifs is 2. The monoisotopic (exact) mass is 417 g/mol. The number of carbonyl (C=O) groups is 1. The Balaban J connectivity index is 1.62. The van der Waals surface area contributed by atoms with Crippen LogP contribution in [0, 0.1) is 11.8 Å². The van der Waals surface area contributed by atoms with Crippen LogP contribution in [-0.4, -0.2) is 50.3 Å². The third-order valence-electron chi connectivity index (χ3n) is 6.92. The van der Waals surface area contributed by atoms with E-state index < -0.39 is 0 Å². The summed E-state index contributed by atoms with van der Waals surface area (Å²) in [6.45, 7) is 9.52. The minimum Gasteiger partial charge on any atom is -0.378 e. The molecule has 0 N–H and O–H groups in total. The molecular weight excluding hydrogens is 390 g/mol. The number of ketones is 1. The fourth-order valence-electron chi connectivity index (χ4n) is 5.68. The average molecular weight is 418 g/mol. The number of aromatic nitrogens is 1. The minimum atomic E-state index is 0.0599. The fraction of sp³-hybridized carbons (Fsp3) is 0.440. The Labute approximate surface area is 181 Å². The SMILES string of the molecule is C[C@@H]1C[C@H](C)CN(c2cc(N3CCOCC3)c3c4c(onc24)-c2ccccc2C3=O)C1. The number of ether oxygens (including phenoxy) is 1. The summed E-state index contributed by atoms with van der Waals surface area (Å²) >= 11 is 0. The number of anilines is 2. The molecule has 0 unspecified atom stereocenters. The van der Waals surface area contributed by atoms with Crippen molar-refractivity contribution < 1.29 is 14.1 Å². The maximum absolute atomic E-state index is 13.7. The van der Waals surface area contributed by atoms with Crippen molar-refractivity contribution in [1.82, 2.24) is 5.16 Å². The summed E-state index contributed by atoms with van der Waals surface area (Å²) in [4.78, 5) is 18.4. The van der Waals surface area contributed by atoms with Gasteiger partial charge in [0.2, 0.25) is 0 Å². The smallest absolute Gasteiger partial charge is 0.196 e. The van der Waals surface area contributed by atoms with E-state index in [4.69, 9.17) is 9.26 Å². The first kappa shape index (κ1) is 18.9. The Morgan fingerprint density at radius 1 is 0.968 bits per heavy atom. The zero-order valence-corrected chi connectivity index (χ0v) is 18.1. The van der Waals surface area contributed by atoms with E-state index in [0.29, 0.717) is 30.6 Å². The molecule has 31 heavy (non-hydrogen) atoms. The molecule has 6 rings (SSSR count). The minimum absolute atomic E-state index is 0.0599. The van der Waals surface area contributed by atoms with Crippen LogP contribution in [0.3, 0.4) is 0 Å². The second kappa shape index (κ2) is 7.09. The summed E-state index contributed by atoms with van der Waals surface area (Å²) in [6, 6.07) is 9.90. The normalized spacial score (nSPS) is 23.4. The van der Waals surface area contributed by atoms with Crippen LogP contribution in [0.5, 0.6) is 0 Å². The van der Waals surface area contributed by atoms with Gasteiger partial charge in [-0.25, -0.2) is 0 Å². The maximum Gasteiger partial charge on any atom is 0.196 e. The largest absolute Gasteiger partial charge is 0.378 e. The summed E-state index contributed by atoms with van der Waals surface area (Å²) in [5.74, 6) is 2.01. The third-order valence-corrected chi connectivity index (χ3v) is 6.92. The topological polar surface area (TPSA) is 58.8 Å². The summed E-state index contributed by atoms with van der Waals surface area (Å²) in [7, 11) is 0. The van der Waals surface area contributed by atoms with Crippen molar-refractivity contribution >= 4 is 28.1 Å². The van der Waals surface area contributed by atoms with E-state index in [1.54, 1.807) is 0 Å². The van der Waals surface area contributed by atoms with Gasteiger partial charge in [0.1, 0.15) is 5.52 Å². The van der Waals surface area contributed by atoms with Crippen LogP contribution < -0.4 is 9.80 Å².